The molecule has 0 saturated heterocycles. The number of imide groups is 1. The van der Waals surface area contributed by atoms with Gasteiger partial charge in [0.2, 0.25) is 5.91 Å². The molecule has 0 spiro atoms. The van der Waals surface area contributed by atoms with Crippen LogP contribution in [0.15, 0.2) is 75.5 Å². The van der Waals surface area contributed by atoms with Crippen molar-refractivity contribution in [2.45, 2.75) is 4.90 Å². The smallest absolute Gasteiger partial charge is 0.308 e. The summed E-state index contributed by atoms with van der Waals surface area (Å²) in [6.45, 7) is -0.599. The summed E-state index contributed by atoms with van der Waals surface area (Å²) in [5.41, 5.74) is 0.479. The van der Waals surface area contributed by atoms with E-state index in [1.807, 2.05) is 0 Å². The zero-order chi connectivity index (χ0) is 20.9. The maximum atomic E-state index is 13.0. The van der Waals surface area contributed by atoms with E-state index in [1.54, 1.807) is 47.8 Å². The minimum Gasteiger partial charge on any atom is -0.308 e. The third-order valence-corrected chi connectivity index (χ3v) is 6.79. The average Bonchev–Trinajstić information content (AvgIpc) is 3.23. The van der Waals surface area contributed by atoms with E-state index < -0.39 is 28.5 Å². The van der Waals surface area contributed by atoms with Gasteiger partial charge in [-0.15, -0.1) is 11.3 Å². The van der Waals surface area contributed by atoms with Crippen LogP contribution in [0.3, 0.4) is 0 Å². The van der Waals surface area contributed by atoms with Gasteiger partial charge in [-0.25, -0.2) is 22.5 Å². The lowest BCUT2D eigenvalue weighted by Gasteiger charge is -2.21. The van der Waals surface area contributed by atoms with Crippen LogP contribution in [0, 0.1) is 0 Å². The Hall–Kier alpha value is -2.76. The van der Waals surface area contributed by atoms with Crippen molar-refractivity contribution in [2.24, 2.45) is 0 Å². The zero-order valence-corrected chi connectivity index (χ0v) is 18.0. The number of benzene rings is 2. The number of carbonyl (C=O) groups is 2. The summed E-state index contributed by atoms with van der Waals surface area (Å²) in [6.07, 6.45) is 1.44. The van der Waals surface area contributed by atoms with E-state index in [2.05, 4.69) is 31.5 Å². The Kier molecular flexibility index (Phi) is 6.62. The van der Waals surface area contributed by atoms with Crippen molar-refractivity contribution in [3.05, 3.63) is 70.6 Å². The number of anilines is 2. The molecule has 1 heterocycles. The van der Waals surface area contributed by atoms with Crippen LogP contribution in [0.5, 0.6) is 0 Å². The minimum atomic E-state index is -4.04. The first-order valence-corrected chi connectivity index (χ1v) is 11.3. The Morgan fingerprint density at radius 3 is 2.38 bits per heavy atom. The molecule has 0 radical (unpaired) electrons. The van der Waals surface area contributed by atoms with Crippen LogP contribution in [-0.2, 0) is 14.8 Å². The molecule has 29 heavy (non-hydrogen) atoms. The molecule has 2 N–H and O–H groups in total. The second-order valence-corrected chi connectivity index (χ2v) is 9.30. The van der Waals surface area contributed by atoms with Crippen LogP contribution in [0.1, 0.15) is 0 Å². The van der Waals surface area contributed by atoms with Gasteiger partial charge in [-0.05, 0) is 36.4 Å². The van der Waals surface area contributed by atoms with Crippen molar-refractivity contribution in [3.8, 4) is 0 Å². The number of sulfonamides is 1. The second kappa shape index (κ2) is 9.16. The van der Waals surface area contributed by atoms with Crippen LogP contribution in [0.4, 0.5) is 15.6 Å². The summed E-state index contributed by atoms with van der Waals surface area (Å²) in [5.74, 6) is -0.797. The normalized spacial score (nSPS) is 10.9. The van der Waals surface area contributed by atoms with Gasteiger partial charge in [-0.2, -0.15) is 0 Å². The fraction of sp³-hybridized carbons (Fsp3) is 0.0556. The maximum Gasteiger partial charge on any atom is 0.325 e. The number of nitrogens with one attached hydrogen (secondary N) is 2. The molecular weight excluding hydrogens is 480 g/mol. The summed E-state index contributed by atoms with van der Waals surface area (Å²) < 4.78 is 27.7. The number of amides is 3. The van der Waals surface area contributed by atoms with Crippen LogP contribution >= 0.6 is 27.3 Å². The highest BCUT2D eigenvalue weighted by atomic mass is 79.9. The predicted octanol–water partition coefficient (Wildman–Crippen LogP) is 3.45. The molecule has 150 valence electrons. The molecular formula is C18H15BrN4O4S2. The van der Waals surface area contributed by atoms with E-state index in [1.165, 1.54) is 18.3 Å². The highest BCUT2D eigenvalue weighted by Crippen LogP contribution is 2.25. The van der Waals surface area contributed by atoms with E-state index >= 15 is 0 Å². The fourth-order valence-electron chi connectivity index (χ4n) is 2.31. The number of nitrogens with zero attached hydrogens (tertiary/aromatic N) is 2. The monoisotopic (exact) mass is 494 g/mol. The lowest BCUT2D eigenvalue weighted by molar-refractivity contribution is -0.118. The van der Waals surface area contributed by atoms with Gasteiger partial charge < -0.3 is 5.32 Å². The molecule has 3 aromatic rings. The van der Waals surface area contributed by atoms with Gasteiger partial charge in [0.25, 0.3) is 10.0 Å². The van der Waals surface area contributed by atoms with Crippen molar-refractivity contribution in [3.63, 3.8) is 0 Å². The molecule has 0 aliphatic carbocycles. The van der Waals surface area contributed by atoms with Gasteiger partial charge >= 0.3 is 6.03 Å². The largest absolute Gasteiger partial charge is 0.325 e. The summed E-state index contributed by atoms with van der Waals surface area (Å²) in [7, 11) is -4.04. The van der Waals surface area contributed by atoms with E-state index in [-0.39, 0.29) is 10.0 Å². The van der Waals surface area contributed by atoms with Crippen molar-refractivity contribution < 1.29 is 18.0 Å². The molecule has 0 bridgehead atoms. The van der Waals surface area contributed by atoms with Gasteiger partial charge in [0.05, 0.1) is 4.90 Å². The SMILES string of the molecule is O=C(CN(c1nccs1)S(=O)(=O)c1ccccc1)NC(=O)Nc1ccc(Br)cc1. The van der Waals surface area contributed by atoms with Crippen molar-refractivity contribution in [2.75, 3.05) is 16.2 Å². The standard InChI is InChI=1S/C18H15BrN4O4S2/c19-13-6-8-14(9-7-13)21-17(25)22-16(24)12-23(18-20-10-11-28-18)29(26,27)15-4-2-1-3-5-15/h1-11H,12H2,(H2,21,22,24,25). The quantitative estimate of drug-likeness (QED) is 0.545. The third-order valence-electron chi connectivity index (χ3n) is 3.61. The van der Waals surface area contributed by atoms with Crippen LogP contribution in [0.25, 0.3) is 0 Å². The number of aromatic nitrogens is 1. The molecule has 0 fully saturated rings. The molecule has 11 heteroatoms. The number of hydrogen-bond acceptors (Lipinski definition) is 6. The Morgan fingerprint density at radius 2 is 1.76 bits per heavy atom. The molecule has 8 nitrogen and oxygen atoms in total. The molecule has 2 aromatic carbocycles. The van der Waals surface area contributed by atoms with E-state index in [0.29, 0.717) is 5.69 Å². The van der Waals surface area contributed by atoms with Crippen LogP contribution in [0.2, 0.25) is 0 Å². The Morgan fingerprint density at radius 1 is 1.07 bits per heavy atom. The van der Waals surface area contributed by atoms with Gasteiger partial charge in [-0.1, -0.05) is 34.1 Å². The molecule has 3 rings (SSSR count). The van der Waals surface area contributed by atoms with Crippen molar-refractivity contribution >= 4 is 60.0 Å². The van der Waals surface area contributed by atoms with E-state index in [9.17, 15) is 18.0 Å². The van der Waals surface area contributed by atoms with Crippen LogP contribution in [-0.4, -0.2) is 31.9 Å². The van der Waals surface area contributed by atoms with Gasteiger partial charge in [0, 0.05) is 21.7 Å². The first-order chi connectivity index (χ1) is 13.9. The summed E-state index contributed by atoms with van der Waals surface area (Å²) >= 11 is 4.35. The lowest BCUT2D eigenvalue weighted by Crippen LogP contribution is -2.44. The molecule has 3 amide bonds. The fourth-order valence-corrected chi connectivity index (χ4v) is 4.84. The highest BCUT2D eigenvalue weighted by molar-refractivity contribution is 9.10. The molecule has 0 aliphatic rings. The van der Waals surface area contributed by atoms with Gasteiger partial charge in [0.1, 0.15) is 6.54 Å². The van der Waals surface area contributed by atoms with Gasteiger partial charge in [0.15, 0.2) is 5.13 Å². The lowest BCUT2D eigenvalue weighted by atomic mass is 10.3. The Balaban J connectivity index is 1.74. The number of halogens is 1. The summed E-state index contributed by atoms with van der Waals surface area (Å²) in [6, 6.07) is 13.7. The Bertz CT molecular complexity index is 1090. The van der Waals surface area contributed by atoms with Crippen LogP contribution < -0.4 is 14.9 Å². The average molecular weight is 495 g/mol. The molecule has 0 aliphatic heterocycles. The number of carbonyl (C=O) groups excluding carboxylic acids is 2. The third kappa shape index (κ3) is 5.40. The zero-order valence-electron chi connectivity index (χ0n) is 14.8. The summed E-state index contributed by atoms with van der Waals surface area (Å²) in [5, 5.41) is 6.36. The van der Waals surface area contributed by atoms with E-state index in [0.717, 1.165) is 20.1 Å². The highest BCUT2D eigenvalue weighted by Gasteiger charge is 2.29. The first kappa shape index (κ1) is 21.0. The Labute approximate surface area is 179 Å². The first-order valence-electron chi connectivity index (χ1n) is 8.20. The van der Waals surface area contributed by atoms with Crippen molar-refractivity contribution in [1.29, 1.82) is 0 Å². The number of rotatable bonds is 6. The molecule has 0 atom stereocenters. The molecule has 0 saturated carbocycles. The molecule has 0 unspecified atom stereocenters. The number of hydrogen-bond donors (Lipinski definition) is 2. The maximum absolute atomic E-state index is 13.0. The minimum absolute atomic E-state index is 0.0160. The predicted molar refractivity (Wildman–Crippen MR) is 114 cm³/mol. The second-order valence-electron chi connectivity index (χ2n) is 5.65. The number of thiazole rings is 1. The van der Waals surface area contributed by atoms with Crippen molar-refractivity contribution in [1.82, 2.24) is 10.3 Å². The topological polar surface area (TPSA) is 108 Å². The number of urea groups is 1. The van der Waals surface area contributed by atoms with E-state index in [4.69, 9.17) is 0 Å². The molecule has 1 aromatic heterocycles. The summed E-state index contributed by atoms with van der Waals surface area (Å²) in [4.78, 5) is 28.4. The van der Waals surface area contributed by atoms with Gasteiger partial charge in [-0.3, -0.25) is 10.1 Å².